The van der Waals surface area contributed by atoms with Gasteiger partial charge in [-0.1, -0.05) is 30.0 Å². The Balaban J connectivity index is 2.47. The maximum absolute atomic E-state index is 11.6. The van der Waals surface area contributed by atoms with Gasteiger partial charge in [0.05, 0.1) is 16.3 Å². The Morgan fingerprint density at radius 3 is 2.65 bits per heavy atom. The summed E-state index contributed by atoms with van der Waals surface area (Å²) in [6, 6.07) is 5.46. The van der Waals surface area contributed by atoms with Crippen LogP contribution in [0.5, 0.6) is 0 Å². The first-order valence-electron chi connectivity index (χ1n) is 4.47. The maximum Gasteiger partial charge on any atom is 0.294 e. The van der Waals surface area contributed by atoms with Crippen LogP contribution in [0.25, 0.3) is 0 Å². The van der Waals surface area contributed by atoms with E-state index >= 15 is 0 Å². The average Bonchev–Trinajstić information content (AvgIpc) is 2.57. The Hall–Kier alpha value is -0.960. The predicted octanol–water partition coefficient (Wildman–Crippen LogP) is 1.30. The van der Waals surface area contributed by atoms with Crippen LogP contribution in [-0.4, -0.2) is 29.0 Å². The number of anilines is 1. The van der Waals surface area contributed by atoms with E-state index < -0.39 is 10.1 Å². The molecule has 0 radical (unpaired) electrons. The number of rotatable bonds is 2. The lowest BCUT2D eigenvalue weighted by atomic mass is 10.3. The molecule has 5 nitrogen and oxygen atoms in total. The Bertz CT molecular complexity index is 580. The third-order valence-corrected chi connectivity index (χ3v) is 4.33. The molecule has 1 saturated heterocycles. The van der Waals surface area contributed by atoms with Crippen LogP contribution >= 0.6 is 24.0 Å². The van der Waals surface area contributed by atoms with Crippen molar-refractivity contribution in [2.45, 2.75) is 4.90 Å². The van der Waals surface area contributed by atoms with Gasteiger partial charge < -0.3 is 0 Å². The normalized spacial score (nSPS) is 16.6. The van der Waals surface area contributed by atoms with Gasteiger partial charge in [-0.15, -0.1) is 0 Å². The molecule has 0 atom stereocenters. The quantitative estimate of drug-likeness (QED) is 0.653. The number of amides is 1. The van der Waals surface area contributed by atoms with Gasteiger partial charge in [0, 0.05) is 0 Å². The van der Waals surface area contributed by atoms with E-state index in [1.54, 1.807) is 6.07 Å². The molecular formula is C9H7NO4S3. The minimum absolute atomic E-state index is 0.201. The first kappa shape index (κ1) is 12.5. The maximum atomic E-state index is 11.6. The highest BCUT2D eigenvalue weighted by molar-refractivity contribution is 8.24. The van der Waals surface area contributed by atoms with Crippen molar-refractivity contribution in [3.63, 3.8) is 0 Å². The third kappa shape index (κ3) is 2.49. The van der Waals surface area contributed by atoms with Crippen LogP contribution in [0.15, 0.2) is 29.2 Å². The number of nitrogens with zero attached hydrogens (tertiary/aromatic N) is 1. The second kappa shape index (κ2) is 4.37. The van der Waals surface area contributed by atoms with Crippen LogP contribution in [0.3, 0.4) is 0 Å². The van der Waals surface area contributed by atoms with Crippen LogP contribution in [0.4, 0.5) is 5.69 Å². The average molecular weight is 289 g/mol. The number of benzene rings is 1. The molecule has 0 unspecified atom stereocenters. The fourth-order valence-electron chi connectivity index (χ4n) is 1.39. The van der Waals surface area contributed by atoms with Crippen LogP contribution in [0.2, 0.25) is 0 Å². The van der Waals surface area contributed by atoms with Crippen LogP contribution in [-0.2, 0) is 14.9 Å². The Morgan fingerprint density at radius 1 is 1.41 bits per heavy atom. The van der Waals surface area contributed by atoms with E-state index in [9.17, 15) is 13.2 Å². The van der Waals surface area contributed by atoms with Crippen molar-refractivity contribution in [1.82, 2.24) is 0 Å². The summed E-state index contributed by atoms with van der Waals surface area (Å²) in [5, 5.41) is 0. The first-order valence-corrected chi connectivity index (χ1v) is 7.30. The number of hydrogen-bond donors (Lipinski definition) is 1. The van der Waals surface area contributed by atoms with Crippen molar-refractivity contribution in [2.75, 3.05) is 10.7 Å². The van der Waals surface area contributed by atoms with E-state index in [0.717, 1.165) is 0 Å². The van der Waals surface area contributed by atoms with Gasteiger partial charge in [-0.05, 0) is 18.2 Å². The second-order valence-corrected chi connectivity index (χ2v) is 6.29. The van der Waals surface area contributed by atoms with E-state index in [2.05, 4.69) is 0 Å². The fourth-order valence-corrected chi connectivity index (χ4v) is 3.00. The summed E-state index contributed by atoms with van der Waals surface area (Å²) in [5.74, 6) is 0.0436. The molecule has 1 N–H and O–H groups in total. The molecule has 1 aromatic carbocycles. The molecule has 8 heteroatoms. The molecule has 17 heavy (non-hydrogen) atoms. The lowest BCUT2D eigenvalue weighted by Gasteiger charge is -2.15. The standard InChI is InChI=1S/C9H7NO4S3/c11-8-5-16-9(15)10(8)6-2-1-3-7(4-6)17(12,13)14/h1-4H,5H2,(H,12,13,14). The summed E-state index contributed by atoms with van der Waals surface area (Å²) in [6.45, 7) is 0. The molecule has 0 bridgehead atoms. The number of thioether (sulfide) groups is 1. The zero-order chi connectivity index (χ0) is 12.6. The van der Waals surface area contributed by atoms with Crippen molar-refractivity contribution in [3.05, 3.63) is 24.3 Å². The predicted molar refractivity (Wildman–Crippen MR) is 68.8 cm³/mol. The Kier molecular flexibility index (Phi) is 3.21. The highest BCUT2D eigenvalue weighted by Crippen LogP contribution is 2.28. The van der Waals surface area contributed by atoms with E-state index in [1.807, 2.05) is 0 Å². The minimum Gasteiger partial charge on any atom is -0.282 e. The van der Waals surface area contributed by atoms with Crippen molar-refractivity contribution in [1.29, 1.82) is 0 Å². The summed E-state index contributed by atoms with van der Waals surface area (Å²) in [6.07, 6.45) is 0. The van der Waals surface area contributed by atoms with Gasteiger partial charge >= 0.3 is 0 Å². The van der Waals surface area contributed by atoms with Gasteiger partial charge in [0.25, 0.3) is 10.1 Å². The van der Waals surface area contributed by atoms with Crippen molar-refractivity contribution < 1.29 is 17.8 Å². The van der Waals surface area contributed by atoms with E-state index in [0.29, 0.717) is 10.0 Å². The van der Waals surface area contributed by atoms with Crippen LogP contribution in [0.1, 0.15) is 0 Å². The van der Waals surface area contributed by atoms with Crippen molar-refractivity contribution in [2.24, 2.45) is 0 Å². The zero-order valence-corrected chi connectivity index (χ0v) is 10.8. The van der Waals surface area contributed by atoms with Gasteiger partial charge in [-0.2, -0.15) is 8.42 Å². The number of thiocarbonyl (C=S) groups is 1. The highest BCUT2D eigenvalue weighted by atomic mass is 32.2. The van der Waals surface area contributed by atoms with Gasteiger partial charge in [0.15, 0.2) is 0 Å². The van der Waals surface area contributed by atoms with Gasteiger partial charge in [-0.3, -0.25) is 14.2 Å². The Labute approximate surface area is 108 Å². The summed E-state index contributed by atoms with van der Waals surface area (Å²) in [7, 11) is -4.28. The van der Waals surface area contributed by atoms with E-state index in [4.69, 9.17) is 16.8 Å². The monoisotopic (exact) mass is 289 g/mol. The smallest absolute Gasteiger partial charge is 0.282 e. The molecule has 0 aliphatic carbocycles. The first-order chi connectivity index (χ1) is 7.89. The van der Waals surface area contributed by atoms with Gasteiger partial charge in [-0.25, -0.2) is 0 Å². The van der Waals surface area contributed by atoms with Gasteiger partial charge in [0.1, 0.15) is 4.32 Å². The SMILES string of the molecule is O=C1CSC(=S)N1c1cccc(S(=O)(=O)O)c1. The number of hydrogen-bond acceptors (Lipinski definition) is 5. The Morgan fingerprint density at radius 2 is 2.12 bits per heavy atom. The summed E-state index contributed by atoms with van der Waals surface area (Å²) >= 11 is 6.21. The number of carbonyl (C=O) groups excluding carboxylic acids is 1. The lowest BCUT2D eigenvalue weighted by molar-refractivity contribution is -0.115. The van der Waals surface area contributed by atoms with E-state index in [1.165, 1.54) is 34.9 Å². The fraction of sp³-hybridized carbons (Fsp3) is 0.111. The van der Waals surface area contributed by atoms with Crippen LogP contribution < -0.4 is 4.90 Å². The molecule has 90 valence electrons. The lowest BCUT2D eigenvalue weighted by Crippen LogP contribution is -2.28. The molecule has 1 heterocycles. The minimum atomic E-state index is -4.28. The molecule has 0 saturated carbocycles. The topological polar surface area (TPSA) is 74.7 Å². The largest absolute Gasteiger partial charge is 0.294 e. The van der Waals surface area contributed by atoms with E-state index in [-0.39, 0.29) is 16.6 Å². The summed E-state index contributed by atoms with van der Waals surface area (Å²) in [5.41, 5.74) is 0.347. The zero-order valence-electron chi connectivity index (χ0n) is 8.36. The van der Waals surface area contributed by atoms with Crippen molar-refractivity contribution >= 4 is 50.0 Å². The molecule has 1 fully saturated rings. The van der Waals surface area contributed by atoms with Gasteiger partial charge in [0.2, 0.25) is 5.91 Å². The van der Waals surface area contributed by atoms with Crippen molar-refractivity contribution in [3.8, 4) is 0 Å². The third-order valence-electron chi connectivity index (χ3n) is 2.12. The molecule has 0 aromatic heterocycles. The second-order valence-electron chi connectivity index (χ2n) is 3.26. The molecule has 1 amide bonds. The van der Waals surface area contributed by atoms with Crippen LogP contribution in [0, 0.1) is 0 Å². The molecule has 2 rings (SSSR count). The molecular weight excluding hydrogens is 282 g/mol. The summed E-state index contributed by atoms with van der Waals surface area (Å²) < 4.78 is 31.3. The molecule has 0 spiro atoms. The summed E-state index contributed by atoms with van der Waals surface area (Å²) in [4.78, 5) is 12.5. The molecule has 1 aromatic rings. The molecule has 1 aliphatic rings. The number of carbonyl (C=O) groups is 1. The highest BCUT2D eigenvalue weighted by Gasteiger charge is 2.28. The molecule has 1 aliphatic heterocycles.